The third kappa shape index (κ3) is 8.82. The molecule has 0 radical (unpaired) electrons. The number of nitrogens with two attached hydrogens (primary N) is 1. The molecule has 2 aromatic rings. The quantitative estimate of drug-likeness (QED) is 0.232. The molecule has 3 rings (SSSR count). The third-order valence-corrected chi connectivity index (χ3v) is 7.58. The predicted molar refractivity (Wildman–Crippen MR) is 150 cm³/mol. The Kier molecular flexibility index (Phi) is 10.8. The lowest BCUT2D eigenvalue weighted by atomic mass is 9.87. The first-order valence-electron chi connectivity index (χ1n) is 14.2. The molecule has 1 saturated heterocycles. The highest BCUT2D eigenvalue weighted by Gasteiger charge is 2.71. The Labute approximate surface area is 246 Å². The van der Waals surface area contributed by atoms with Gasteiger partial charge < -0.3 is 21.5 Å². The summed E-state index contributed by atoms with van der Waals surface area (Å²) in [5, 5.41) is 14.9. The van der Waals surface area contributed by atoms with E-state index in [1.165, 1.54) is 18.2 Å². The molecule has 43 heavy (non-hydrogen) atoms. The molecule has 0 spiro atoms. The Balaban J connectivity index is 1.61. The van der Waals surface area contributed by atoms with Crippen LogP contribution >= 0.6 is 0 Å². The van der Waals surface area contributed by atoms with Crippen molar-refractivity contribution in [2.24, 2.45) is 11.7 Å². The van der Waals surface area contributed by atoms with E-state index in [-0.39, 0.29) is 24.6 Å². The van der Waals surface area contributed by atoms with Crippen molar-refractivity contribution in [2.75, 3.05) is 25.0 Å². The van der Waals surface area contributed by atoms with Crippen LogP contribution in [0.3, 0.4) is 0 Å². The van der Waals surface area contributed by atoms with Gasteiger partial charge in [-0.3, -0.25) is 4.90 Å². The van der Waals surface area contributed by atoms with Gasteiger partial charge >= 0.3 is 18.4 Å². The number of benzene rings is 2. The molecule has 1 aliphatic heterocycles. The zero-order chi connectivity index (χ0) is 32.2. The second kappa shape index (κ2) is 13.4. The van der Waals surface area contributed by atoms with Crippen molar-refractivity contribution in [3.8, 4) is 0 Å². The van der Waals surface area contributed by atoms with Crippen molar-refractivity contribution in [2.45, 2.75) is 82.9 Å². The summed E-state index contributed by atoms with van der Waals surface area (Å²) in [4.78, 5) is 14.1. The Morgan fingerprint density at radius 3 is 2.16 bits per heavy atom. The largest absolute Gasteiger partial charge is 0.430 e. The average molecular weight is 621 g/mol. The standard InChI is InChI=1S/C30H39F7N4O2/c1-4-5-21-16-23(28(43,29(32,33)34)30(35,36)37)8-7-22(21)17-41-12-10-19(11-13-41)14-20-6-9-25(24(31)15-20)40-26(42)39-18-27(2,3)38/h6-9,15-16,19,43H,4-5,10-14,17-18,38H2,1-3H3,(H2,39,40,42). The molecule has 5 N–H and O–H groups in total. The molecule has 0 saturated carbocycles. The van der Waals surface area contributed by atoms with Crippen LogP contribution < -0.4 is 16.4 Å². The number of hydrogen-bond acceptors (Lipinski definition) is 4. The molecule has 0 aromatic heterocycles. The van der Waals surface area contributed by atoms with Crippen LogP contribution in [-0.2, 0) is 25.0 Å². The maximum absolute atomic E-state index is 14.7. The lowest BCUT2D eigenvalue weighted by molar-refractivity contribution is -0.376. The second-order valence-corrected chi connectivity index (χ2v) is 12.0. The monoisotopic (exact) mass is 620 g/mol. The molecule has 240 valence electrons. The molecule has 1 fully saturated rings. The molecule has 1 aliphatic rings. The Bertz CT molecular complexity index is 1240. The number of aliphatic hydroxyl groups is 1. The number of hydrogen-bond donors (Lipinski definition) is 4. The van der Waals surface area contributed by atoms with E-state index in [4.69, 9.17) is 5.73 Å². The molecule has 0 bridgehead atoms. The zero-order valence-electron chi connectivity index (χ0n) is 24.4. The van der Waals surface area contributed by atoms with Crippen molar-refractivity contribution < 1.29 is 40.6 Å². The number of carbonyl (C=O) groups is 1. The summed E-state index contributed by atoms with van der Waals surface area (Å²) < 4.78 is 95.1. The minimum atomic E-state index is -5.94. The molecule has 2 amide bonds. The van der Waals surface area contributed by atoms with E-state index in [9.17, 15) is 40.6 Å². The maximum atomic E-state index is 14.7. The Hall–Kier alpha value is -2.90. The van der Waals surface area contributed by atoms with E-state index in [0.29, 0.717) is 49.7 Å². The fourth-order valence-electron chi connectivity index (χ4n) is 5.18. The van der Waals surface area contributed by atoms with Gasteiger partial charge in [-0.1, -0.05) is 37.6 Å². The number of alkyl halides is 6. The number of urea groups is 1. The topological polar surface area (TPSA) is 90.6 Å². The smallest absolute Gasteiger partial charge is 0.369 e. The second-order valence-electron chi connectivity index (χ2n) is 12.0. The van der Waals surface area contributed by atoms with Crippen LogP contribution in [0.25, 0.3) is 0 Å². The first kappa shape index (κ1) is 34.6. The number of carbonyl (C=O) groups excluding carboxylic acids is 1. The molecule has 13 heteroatoms. The summed E-state index contributed by atoms with van der Waals surface area (Å²) in [7, 11) is 0. The van der Waals surface area contributed by atoms with E-state index in [1.54, 1.807) is 26.8 Å². The number of nitrogens with zero attached hydrogens (tertiary/aromatic N) is 1. The SMILES string of the molecule is CCCc1cc(C(O)(C(F)(F)F)C(F)(F)F)ccc1CN1CCC(Cc2ccc(NC(=O)NCC(C)(C)N)c(F)c2)CC1. The Morgan fingerprint density at radius 1 is 1.00 bits per heavy atom. The lowest BCUT2D eigenvalue weighted by Crippen LogP contribution is -2.54. The van der Waals surface area contributed by atoms with Crippen LogP contribution in [0.5, 0.6) is 0 Å². The van der Waals surface area contributed by atoms with E-state index in [0.717, 1.165) is 24.5 Å². The van der Waals surface area contributed by atoms with Gasteiger partial charge in [0.05, 0.1) is 5.69 Å². The minimum absolute atomic E-state index is 0.0451. The van der Waals surface area contributed by atoms with Gasteiger partial charge in [-0.15, -0.1) is 0 Å². The van der Waals surface area contributed by atoms with Gasteiger partial charge in [-0.25, -0.2) is 9.18 Å². The van der Waals surface area contributed by atoms with E-state index >= 15 is 0 Å². The van der Waals surface area contributed by atoms with Gasteiger partial charge in [0.1, 0.15) is 5.82 Å². The number of aryl methyl sites for hydroxylation is 1. The number of likely N-dealkylation sites (tertiary alicyclic amines) is 1. The summed E-state index contributed by atoms with van der Waals surface area (Å²) in [5.74, 6) is -0.317. The van der Waals surface area contributed by atoms with E-state index in [2.05, 4.69) is 15.5 Å². The van der Waals surface area contributed by atoms with Crippen molar-refractivity contribution >= 4 is 11.7 Å². The third-order valence-electron chi connectivity index (χ3n) is 7.58. The van der Waals surface area contributed by atoms with Crippen LogP contribution in [0.4, 0.5) is 41.2 Å². The molecule has 0 unspecified atom stereocenters. The fourth-order valence-corrected chi connectivity index (χ4v) is 5.18. The summed E-state index contributed by atoms with van der Waals surface area (Å²) in [6.45, 7) is 7.11. The number of nitrogens with one attached hydrogen (secondary N) is 2. The van der Waals surface area contributed by atoms with Crippen molar-refractivity contribution in [3.63, 3.8) is 0 Å². The van der Waals surface area contributed by atoms with Crippen LogP contribution in [0.2, 0.25) is 0 Å². The zero-order valence-corrected chi connectivity index (χ0v) is 24.4. The van der Waals surface area contributed by atoms with E-state index < -0.39 is 40.9 Å². The predicted octanol–water partition coefficient (Wildman–Crippen LogP) is 6.40. The molecular formula is C30H39F7N4O2. The maximum Gasteiger partial charge on any atom is 0.430 e. The molecule has 1 heterocycles. The molecule has 6 nitrogen and oxygen atoms in total. The van der Waals surface area contributed by atoms with Gasteiger partial charge in [-0.05, 0) is 87.4 Å². The molecule has 0 aliphatic carbocycles. The summed E-state index contributed by atoms with van der Waals surface area (Å²) in [5.41, 5.74) is 0.776. The van der Waals surface area contributed by atoms with Gasteiger partial charge in [-0.2, -0.15) is 26.3 Å². The van der Waals surface area contributed by atoms with Crippen molar-refractivity contribution in [3.05, 3.63) is 64.5 Å². The summed E-state index contributed by atoms with van der Waals surface area (Å²) >= 11 is 0. The van der Waals surface area contributed by atoms with Crippen LogP contribution in [0.15, 0.2) is 36.4 Å². The van der Waals surface area contributed by atoms with Crippen molar-refractivity contribution in [1.29, 1.82) is 0 Å². The summed E-state index contributed by atoms with van der Waals surface area (Å²) in [6, 6.07) is 6.84. The van der Waals surface area contributed by atoms with Gasteiger partial charge in [0.15, 0.2) is 0 Å². The van der Waals surface area contributed by atoms with E-state index in [1.807, 2.05) is 0 Å². The number of amides is 2. The van der Waals surface area contributed by atoms with Crippen LogP contribution in [0.1, 0.15) is 62.3 Å². The number of rotatable bonds is 10. The normalized spacial score (nSPS) is 15.9. The molecule has 0 atom stereocenters. The van der Waals surface area contributed by atoms with Gasteiger partial charge in [0.25, 0.3) is 5.60 Å². The van der Waals surface area contributed by atoms with Crippen LogP contribution in [-0.4, -0.2) is 53.6 Å². The first-order valence-corrected chi connectivity index (χ1v) is 14.2. The molecular weight excluding hydrogens is 581 g/mol. The fraction of sp³-hybridized carbons (Fsp3) is 0.567. The average Bonchev–Trinajstić information content (AvgIpc) is 2.89. The Morgan fingerprint density at radius 2 is 1.63 bits per heavy atom. The number of piperidine rings is 1. The number of anilines is 1. The highest BCUT2D eigenvalue weighted by Crippen LogP contribution is 2.50. The first-order chi connectivity index (χ1) is 19.8. The number of halogens is 7. The highest BCUT2D eigenvalue weighted by molar-refractivity contribution is 5.89. The van der Waals surface area contributed by atoms with Crippen molar-refractivity contribution in [1.82, 2.24) is 10.2 Å². The molecule has 2 aromatic carbocycles. The minimum Gasteiger partial charge on any atom is -0.369 e. The lowest BCUT2D eigenvalue weighted by Gasteiger charge is -2.34. The van der Waals surface area contributed by atoms with Gasteiger partial charge in [0.2, 0.25) is 0 Å². The highest BCUT2D eigenvalue weighted by atomic mass is 19.4. The van der Waals surface area contributed by atoms with Crippen LogP contribution in [0, 0.1) is 11.7 Å². The summed E-state index contributed by atoms with van der Waals surface area (Å²) in [6.07, 6.45) is -8.97. The van der Waals surface area contributed by atoms with Gasteiger partial charge in [0, 0.05) is 24.2 Å².